The normalized spacial score (nSPS) is 24.9. The largest absolute Gasteiger partial charge is 0.493 e. The molecule has 2 aromatic rings. The Morgan fingerprint density at radius 3 is 2.75 bits per heavy atom. The molecule has 0 bridgehead atoms. The van der Waals surface area contributed by atoms with E-state index in [-0.39, 0.29) is 5.78 Å². The molecule has 0 radical (unpaired) electrons. The van der Waals surface area contributed by atoms with Gasteiger partial charge in [0, 0.05) is 19.1 Å². The van der Waals surface area contributed by atoms with Crippen molar-refractivity contribution in [3.8, 4) is 23.0 Å². The summed E-state index contributed by atoms with van der Waals surface area (Å²) in [5.74, 6) is 3.57. The van der Waals surface area contributed by atoms with E-state index in [1.54, 1.807) is 20.3 Å². The van der Waals surface area contributed by atoms with Gasteiger partial charge in [-0.3, -0.25) is 9.69 Å². The molecule has 7 heteroatoms. The molecule has 0 aliphatic carbocycles. The third kappa shape index (κ3) is 4.24. The first kappa shape index (κ1) is 23.4. The van der Waals surface area contributed by atoms with Crippen LogP contribution in [0.1, 0.15) is 53.6 Å². The second-order valence-corrected chi connectivity index (χ2v) is 10.3. The minimum Gasteiger partial charge on any atom is -0.493 e. The zero-order valence-corrected chi connectivity index (χ0v) is 21.1. The van der Waals surface area contributed by atoms with Gasteiger partial charge in [-0.2, -0.15) is 0 Å². The lowest BCUT2D eigenvalue weighted by Crippen LogP contribution is -2.51. The highest BCUT2D eigenvalue weighted by atomic mass is 16.5. The Hall–Kier alpha value is -3.03. The number of piperidine rings is 2. The topological polar surface area (TPSA) is 60.5 Å². The molecule has 0 saturated carbocycles. The molecule has 2 aromatic carbocycles. The number of carbonyl (C=O) groups is 1. The number of Topliss-reactive ketones (excluding diaryl/α,β-unsaturated/α-hetero) is 1. The number of benzene rings is 2. The summed E-state index contributed by atoms with van der Waals surface area (Å²) in [4.78, 5) is 18.3. The molecule has 0 amide bonds. The smallest absolute Gasteiger partial charge is 0.231 e. The van der Waals surface area contributed by atoms with Crippen molar-refractivity contribution < 1.29 is 23.7 Å². The van der Waals surface area contributed by atoms with Crippen molar-refractivity contribution in [2.75, 3.05) is 40.6 Å². The van der Waals surface area contributed by atoms with Gasteiger partial charge in [0.05, 0.1) is 25.3 Å². The van der Waals surface area contributed by atoms with Crippen LogP contribution in [0.15, 0.2) is 36.1 Å². The first-order valence-electron chi connectivity index (χ1n) is 13.1. The number of hydrogen-bond donors (Lipinski definition) is 0. The van der Waals surface area contributed by atoms with Crippen LogP contribution in [0, 0.1) is 5.92 Å². The molecule has 0 spiro atoms. The van der Waals surface area contributed by atoms with Gasteiger partial charge in [-0.05, 0) is 80.6 Å². The summed E-state index contributed by atoms with van der Waals surface area (Å²) in [6.07, 6.45) is 8.31. The minimum absolute atomic E-state index is 0.107. The summed E-state index contributed by atoms with van der Waals surface area (Å²) >= 11 is 0. The molecular formula is C29H34N2O5. The van der Waals surface area contributed by atoms with Crippen molar-refractivity contribution in [3.63, 3.8) is 0 Å². The van der Waals surface area contributed by atoms with E-state index in [2.05, 4.69) is 9.80 Å². The van der Waals surface area contributed by atoms with Crippen LogP contribution in [-0.4, -0.2) is 62.2 Å². The van der Waals surface area contributed by atoms with Crippen LogP contribution >= 0.6 is 0 Å². The number of carbonyl (C=O) groups excluding carboxylic acids is 1. The first-order chi connectivity index (χ1) is 17.6. The van der Waals surface area contributed by atoms with Gasteiger partial charge in [-0.15, -0.1) is 0 Å². The standard InChI is InChI=1S/C29H34N2O5/c1-33-25-10-8-19(14-26(25)34-2)15-27-28(32)21-9-11-24-22(29(21)36-27)17-30(18-35-24)16-20-6-5-13-31-12-4-3-7-23(20)31/h8-11,14-15,20,23H,3-7,12-13,16-18H2,1-2H3. The maximum Gasteiger partial charge on any atom is 0.231 e. The second kappa shape index (κ2) is 9.79. The molecule has 2 atom stereocenters. The third-order valence-electron chi connectivity index (χ3n) is 8.11. The average molecular weight is 491 g/mol. The summed E-state index contributed by atoms with van der Waals surface area (Å²) in [5.41, 5.74) is 2.38. The fourth-order valence-electron chi connectivity index (χ4n) is 6.34. The maximum absolute atomic E-state index is 13.2. The number of ketones is 1. The summed E-state index contributed by atoms with van der Waals surface area (Å²) in [6, 6.07) is 9.98. The van der Waals surface area contributed by atoms with Crippen molar-refractivity contribution in [1.82, 2.24) is 9.80 Å². The highest BCUT2D eigenvalue weighted by molar-refractivity contribution is 6.15. The molecule has 6 rings (SSSR count). The lowest BCUT2D eigenvalue weighted by atomic mass is 9.83. The van der Waals surface area contributed by atoms with E-state index in [1.165, 1.54) is 45.2 Å². The van der Waals surface area contributed by atoms with E-state index in [0.29, 0.717) is 47.3 Å². The maximum atomic E-state index is 13.2. The van der Waals surface area contributed by atoms with Gasteiger partial charge in [0.15, 0.2) is 17.3 Å². The number of fused-ring (bicyclic) bond motifs is 4. The van der Waals surface area contributed by atoms with Crippen molar-refractivity contribution in [3.05, 3.63) is 52.8 Å². The molecule has 0 aromatic heterocycles. The summed E-state index contributed by atoms with van der Waals surface area (Å²) in [7, 11) is 3.20. The zero-order valence-electron chi connectivity index (χ0n) is 21.1. The van der Waals surface area contributed by atoms with Gasteiger partial charge in [0.2, 0.25) is 5.78 Å². The van der Waals surface area contributed by atoms with Crippen LogP contribution in [0.25, 0.3) is 6.08 Å². The van der Waals surface area contributed by atoms with Gasteiger partial charge in [0.1, 0.15) is 18.2 Å². The Morgan fingerprint density at radius 2 is 1.89 bits per heavy atom. The van der Waals surface area contributed by atoms with E-state index in [9.17, 15) is 4.79 Å². The van der Waals surface area contributed by atoms with Crippen LogP contribution in [0.5, 0.6) is 23.0 Å². The zero-order chi connectivity index (χ0) is 24.6. The van der Waals surface area contributed by atoms with Crippen molar-refractivity contribution in [1.29, 1.82) is 0 Å². The molecule has 4 aliphatic heterocycles. The molecule has 2 saturated heterocycles. The highest BCUT2D eigenvalue weighted by Gasteiger charge is 2.37. The van der Waals surface area contributed by atoms with Crippen LogP contribution in [-0.2, 0) is 6.54 Å². The van der Waals surface area contributed by atoms with Gasteiger partial charge in [-0.25, -0.2) is 0 Å². The highest BCUT2D eigenvalue weighted by Crippen LogP contribution is 2.43. The third-order valence-corrected chi connectivity index (χ3v) is 8.11. The number of hydrogen-bond acceptors (Lipinski definition) is 7. The fraction of sp³-hybridized carbons (Fsp3) is 0.483. The SMILES string of the molecule is COc1ccc(C=C2Oc3c(ccc4c3CN(CC3CCCN5CCCCC35)CO4)C2=O)cc1OC. The predicted octanol–water partition coefficient (Wildman–Crippen LogP) is 4.74. The monoisotopic (exact) mass is 490 g/mol. The van der Waals surface area contributed by atoms with Crippen molar-refractivity contribution >= 4 is 11.9 Å². The molecule has 2 fully saturated rings. The van der Waals surface area contributed by atoms with Crippen LogP contribution < -0.4 is 18.9 Å². The Kier molecular flexibility index (Phi) is 6.36. The molecule has 4 aliphatic rings. The van der Waals surface area contributed by atoms with Crippen LogP contribution in [0.3, 0.4) is 0 Å². The van der Waals surface area contributed by atoms with Crippen molar-refractivity contribution in [2.45, 2.75) is 44.7 Å². The molecular weight excluding hydrogens is 456 g/mol. The predicted molar refractivity (Wildman–Crippen MR) is 137 cm³/mol. The molecule has 36 heavy (non-hydrogen) atoms. The number of ether oxygens (including phenoxy) is 4. The van der Waals surface area contributed by atoms with E-state index >= 15 is 0 Å². The number of rotatable bonds is 5. The van der Waals surface area contributed by atoms with Crippen LogP contribution in [0.4, 0.5) is 0 Å². The van der Waals surface area contributed by atoms with Gasteiger partial charge < -0.3 is 23.8 Å². The number of allylic oxidation sites excluding steroid dienone is 1. The lowest BCUT2D eigenvalue weighted by Gasteiger charge is -2.46. The molecule has 7 nitrogen and oxygen atoms in total. The summed E-state index contributed by atoms with van der Waals surface area (Å²) in [5, 5.41) is 0. The fourth-order valence-corrected chi connectivity index (χ4v) is 6.34. The Labute approximate surface area is 212 Å². The molecule has 190 valence electrons. The molecule has 2 unspecified atom stereocenters. The lowest BCUT2D eigenvalue weighted by molar-refractivity contribution is 0.0141. The van der Waals surface area contributed by atoms with Gasteiger partial charge in [-0.1, -0.05) is 12.5 Å². The molecule has 0 N–H and O–H groups in total. The minimum atomic E-state index is -0.107. The number of nitrogens with zero attached hydrogens (tertiary/aromatic N) is 2. The molecule has 4 heterocycles. The van der Waals surface area contributed by atoms with Gasteiger partial charge >= 0.3 is 0 Å². The summed E-state index contributed by atoms with van der Waals surface area (Å²) in [6.45, 7) is 4.83. The quantitative estimate of drug-likeness (QED) is 0.561. The van der Waals surface area contributed by atoms with Gasteiger partial charge in [0.25, 0.3) is 0 Å². The van der Waals surface area contributed by atoms with E-state index in [1.807, 2.05) is 30.3 Å². The van der Waals surface area contributed by atoms with E-state index < -0.39 is 0 Å². The average Bonchev–Trinajstić information content (AvgIpc) is 3.24. The number of methoxy groups -OCH3 is 2. The first-order valence-corrected chi connectivity index (χ1v) is 13.1. The second-order valence-electron chi connectivity index (χ2n) is 10.3. The van der Waals surface area contributed by atoms with Crippen molar-refractivity contribution in [2.24, 2.45) is 5.92 Å². The van der Waals surface area contributed by atoms with Crippen LogP contribution in [0.2, 0.25) is 0 Å². The Bertz CT molecular complexity index is 1190. The van der Waals surface area contributed by atoms with E-state index in [4.69, 9.17) is 18.9 Å². The van der Waals surface area contributed by atoms with E-state index in [0.717, 1.165) is 30.0 Å². The Morgan fingerprint density at radius 1 is 1.03 bits per heavy atom. The summed E-state index contributed by atoms with van der Waals surface area (Å²) < 4.78 is 23.1. The Balaban J connectivity index is 1.22.